The Labute approximate surface area is 184 Å². The number of benzene rings is 2. The van der Waals surface area contributed by atoms with E-state index in [1.807, 2.05) is 12.1 Å². The molecule has 9 heteroatoms. The number of nitrogens with one attached hydrogen (secondary N) is 1. The zero-order chi connectivity index (χ0) is 23.3. The van der Waals surface area contributed by atoms with Crippen LogP contribution in [-0.4, -0.2) is 50.1 Å². The summed E-state index contributed by atoms with van der Waals surface area (Å²) >= 11 is 0. The summed E-state index contributed by atoms with van der Waals surface area (Å²) in [6, 6.07) is 7.04. The van der Waals surface area contributed by atoms with Crippen molar-refractivity contribution < 1.29 is 32.2 Å². The lowest BCUT2D eigenvalue weighted by Gasteiger charge is -2.32. The SMILES string of the molecule is COc1ccc(CCC(=O)NC2CCN(C(=O)c3ccc(F)c(F)c3F)CC2)cc1OC. The molecule has 1 saturated heterocycles. The molecule has 0 saturated carbocycles. The largest absolute Gasteiger partial charge is 0.493 e. The van der Waals surface area contributed by atoms with Gasteiger partial charge in [0.15, 0.2) is 29.0 Å². The molecule has 2 aromatic carbocycles. The Hall–Kier alpha value is -3.23. The molecule has 3 rings (SSSR count). The fraction of sp³-hybridized carbons (Fsp3) is 0.391. The Morgan fingerprint density at radius 1 is 1.00 bits per heavy atom. The van der Waals surface area contributed by atoms with E-state index in [0.29, 0.717) is 30.8 Å². The van der Waals surface area contributed by atoms with E-state index in [1.165, 1.54) is 4.90 Å². The first kappa shape index (κ1) is 23.4. The molecule has 0 bridgehead atoms. The van der Waals surface area contributed by atoms with Gasteiger partial charge in [0, 0.05) is 25.6 Å². The zero-order valence-electron chi connectivity index (χ0n) is 17.9. The summed E-state index contributed by atoms with van der Waals surface area (Å²) in [5, 5.41) is 2.95. The lowest BCUT2D eigenvalue weighted by atomic mass is 10.0. The van der Waals surface area contributed by atoms with Gasteiger partial charge in [0.25, 0.3) is 5.91 Å². The van der Waals surface area contributed by atoms with Crippen LogP contribution in [0.4, 0.5) is 13.2 Å². The van der Waals surface area contributed by atoms with Gasteiger partial charge in [-0.15, -0.1) is 0 Å². The first-order valence-corrected chi connectivity index (χ1v) is 10.3. The third-order valence-electron chi connectivity index (χ3n) is 5.50. The Morgan fingerprint density at radius 2 is 1.69 bits per heavy atom. The number of carbonyl (C=O) groups excluding carboxylic acids is 2. The van der Waals surface area contributed by atoms with Crippen LogP contribution in [0.15, 0.2) is 30.3 Å². The van der Waals surface area contributed by atoms with Crippen LogP contribution in [0, 0.1) is 17.5 Å². The van der Waals surface area contributed by atoms with E-state index in [-0.39, 0.29) is 31.5 Å². The van der Waals surface area contributed by atoms with Gasteiger partial charge in [0.05, 0.1) is 19.8 Å². The molecular weight excluding hydrogens is 425 g/mol. The molecule has 1 aliphatic heterocycles. The summed E-state index contributed by atoms with van der Waals surface area (Å²) in [4.78, 5) is 26.2. The minimum absolute atomic E-state index is 0.115. The van der Waals surface area contributed by atoms with Crippen LogP contribution in [0.5, 0.6) is 11.5 Å². The monoisotopic (exact) mass is 450 g/mol. The van der Waals surface area contributed by atoms with Crippen LogP contribution in [0.3, 0.4) is 0 Å². The van der Waals surface area contributed by atoms with Crippen LogP contribution in [0.2, 0.25) is 0 Å². The molecule has 2 aromatic rings. The normalized spacial score (nSPS) is 14.2. The number of methoxy groups -OCH3 is 2. The molecule has 32 heavy (non-hydrogen) atoms. The number of ether oxygens (including phenoxy) is 2. The van der Waals surface area contributed by atoms with Gasteiger partial charge in [-0.1, -0.05) is 6.07 Å². The maximum Gasteiger partial charge on any atom is 0.256 e. The highest BCUT2D eigenvalue weighted by Crippen LogP contribution is 2.28. The van der Waals surface area contributed by atoms with Crippen LogP contribution in [0.25, 0.3) is 0 Å². The van der Waals surface area contributed by atoms with Crippen molar-refractivity contribution in [1.29, 1.82) is 0 Å². The molecule has 1 aliphatic rings. The molecule has 2 amide bonds. The number of hydrogen-bond acceptors (Lipinski definition) is 4. The lowest BCUT2D eigenvalue weighted by Crippen LogP contribution is -2.46. The van der Waals surface area contributed by atoms with E-state index in [1.54, 1.807) is 20.3 Å². The molecule has 1 fully saturated rings. The van der Waals surface area contributed by atoms with Crippen LogP contribution in [0.1, 0.15) is 35.2 Å². The van der Waals surface area contributed by atoms with Crippen LogP contribution >= 0.6 is 0 Å². The van der Waals surface area contributed by atoms with Crippen molar-refractivity contribution >= 4 is 11.8 Å². The number of likely N-dealkylation sites (tertiary alicyclic amines) is 1. The predicted octanol–water partition coefficient (Wildman–Crippen LogP) is 3.47. The minimum Gasteiger partial charge on any atom is -0.493 e. The van der Waals surface area contributed by atoms with Gasteiger partial charge in [-0.05, 0) is 49.1 Å². The van der Waals surface area contributed by atoms with Crippen molar-refractivity contribution in [3.63, 3.8) is 0 Å². The van der Waals surface area contributed by atoms with Gasteiger partial charge in [-0.25, -0.2) is 13.2 Å². The summed E-state index contributed by atoms with van der Waals surface area (Å²) in [7, 11) is 3.10. The van der Waals surface area contributed by atoms with Crippen molar-refractivity contribution in [3.8, 4) is 11.5 Å². The van der Waals surface area contributed by atoms with Gasteiger partial charge in [-0.2, -0.15) is 0 Å². The maximum absolute atomic E-state index is 13.9. The molecule has 6 nitrogen and oxygen atoms in total. The molecule has 1 heterocycles. The molecule has 0 atom stereocenters. The number of amides is 2. The molecule has 172 valence electrons. The van der Waals surface area contributed by atoms with Crippen LogP contribution < -0.4 is 14.8 Å². The highest BCUT2D eigenvalue weighted by Gasteiger charge is 2.27. The predicted molar refractivity (Wildman–Crippen MR) is 111 cm³/mol. The molecule has 0 unspecified atom stereocenters. The van der Waals surface area contributed by atoms with Gasteiger partial charge in [0.1, 0.15) is 0 Å². The van der Waals surface area contributed by atoms with E-state index in [4.69, 9.17) is 9.47 Å². The maximum atomic E-state index is 13.9. The second kappa shape index (κ2) is 10.4. The fourth-order valence-corrected chi connectivity index (χ4v) is 3.68. The van der Waals surface area contributed by atoms with Gasteiger partial charge in [0.2, 0.25) is 5.91 Å². The van der Waals surface area contributed by atoms with E-state index < -0.39 is 28.9 Å². The molecule has 0 radical (unpaired) electrons. The van der Waals surface area contributed by atoms with E-state index >= 15 is 0 Å². The first-order chi connectivity index (χ1) is 15.3. The Bertz CT molecular complexity index is 991. The second-order valence-corrected chi connectivity index (χ2v) is 7.55. The Balaban J connectivity index is 1.48. The quantitative estimate of drug-likeness (QED) is 0.656. The molecular formula is C23H25F3N2O4. The van der Waals surface area contributed by atoms with E-state index in [9.17, 15) is 22.8 Å². The van der Waals surface area contributed by atoms with Gasteiger partial charge >= 0.3 is 0 Å². The molecule has 1 N–H and O–H groups in total. The zero-order valence-corrected chi connectivity index (χ0v) is 17.9. The third kappa shape index (κ3) is 5.33. The molecule has 0 spiro atoms. The summed E-state index contributed by atoms with van der Waals surface area (Å²) < 4.78 is 50.9. The van der Waals surface area contributed by atoms with Crippen molar-refractivity contribution in [2.45, 2.75) is 31.7 Å². The summed E-state index contributed by atoms with van der Waals surface area (Å²) in [5.74, 6) is -4.08. The standard InChI is InChI=1S/C23H25F3N2O4/c1-31-18-7-3-14(13-19(18)32-2)4-8-20(29)27-15-9-11-28(12-10-15)23(30)16-5-6-17(24)22(26)21(16)25/h3,5-7,13,15H,4,8-12H2,1-2H3,(H,27,29). The summed E-state index contributed by atoms with van der Waals surface area (Å²) in [6.07, 6.45) is 1.78. The van der Waals surface area contributed by atoms with Crippen molar-refractivity contribution in [2.24, 2.45) is 0 Å². The minimum atomic E-state index is -1.66. The number of aryl methyl sites for hydroxylation is 1. The van der Waals surface area contributed by atoms with Crippen molar-refractivity contribution in [3.05, 3.63) is 58.9 Å². The van der Waals surface area contributed by atoms with Gasteiger partial charge in [-0.3, -0.25) is 9.59 Å². The number of rotatable bonds is 7. The van der Waals surface area contributed by atoms with Crippen molar-refractivity contribution in [1.82, 2.24) is 10.2 Å². The third-order valence-corrected chi connectivity index (χ3v) is 5.50. The fourth-order valence-electron chi connectivity index (χ4n) is 3.68. The highest BCUT2D eigenvalue weighted by atomic mass is 19.2. The highest BCUT2D eigenvalue weighted by molar-refractivity contribution is 5.94. The van der Waals surface area contributed by atoms with Gasteiger partial charge < -0.3 is 19.7 Å². The summed E-state index contributed by atoms with van der Waals surface area (Å²) in [5.41, 5.74) is 0.438. The number of halogens is 3. The van der Waals surface area contributed by atoms with Crippen LogP contribution in [-0.2, 0) is 11.2 Å². The molecule has 0 aromatic heterocycles. The van der Waals surface area contributed by atoms with E-state index in [2.05, 4.69) is 5.32 Å². The Kier molecular flexibility index (Phi) is 7.61. The lowest BCUT2D eigenvalue weighted by molar-refractivity contribution is -0.122. The Morgan fingerprint density at radius 3 is 2.34 bits per heavy atom. The average molecular weight is 450 g/mol. The number of carbonyl (C=O) groups is 2. The topological polar surface area (TPSA) is 67.9 Å². The first-order valence-electron chi connectivity index (χ1n) is 10.3. The van der Waals surface area contributed by atoms with Crippen molar-refractivity contribution in [2.75, 3.05) is 27.3 Å². The molecule has 0 aliphatic carbocycles. The summed E-state index contributed by atoms with van der Waals surface area (Å²) in [6.45, 7) is 0.551. The second-order valence-electron chi connectivity index (χ2n) is 7.55. The smallest absolute Gasteiger partial charge is 0.256 e. The number of piperidine rings is 1. The number of nitrogens with zero attached hydrogens (tertiary/aromatic N) is 1. The average Bonchev–Trinajstić information content (AvgIpc) is 2.81. The van der Waals surface area contributed by atoms with E-state index in [0.717, 1.165) is 17.7 Å². The number of hydrogen-bond donors (Lipinski definition) is 1.